The number of amides is 1. The summed E-state index contributed by atoms with van der Waals surface area (Å²) in [5, 5.41) is 16.0. The van der Waals surface area contributed by atoms with Crippen molar-refractivity contribution < 1.29 is 27.6 Å². The van der Waals surface area contributed by atoms with E-state index in [0.29, 0.717) is 21.9 Å². The van der Waals surface area contributed by atoms with Gasteiger partial charge >= 0.3 is 6.18 Å². The van der Waals surface area contributed by atoms with Gasteiger partial charge in [0.15, 0.2) is 17.2 Å². The van der Waals surface area contributed by atoms with Gasteiger partial charge in [-0.15, -0.1) is 11.8 Å². The molecule has 1 N–H and O–H groups in total. The summed E-state index contributed by atoms with van der Waals surface area (Å²) >= 11 is 1.53. The molecule has 1 amide bonds. The first-order valence-corrected chi connectivity index (χ1v) is 11.7. The number of carbonyl (C=O) groups excluding carboxylic acids is 1. The molecule has 2 aliphatic rings. The van der Waals surface area contributed by atoms with Crippen molar-refractivity contribution in [2.75, 3.05) is 11.7 Å². The second kappa shape index (κ2) is 8.08. The Balaban J connectivity index is 1.80. The van der Waals surface area contributed by atoms with Crippen LogP contribution in [0, 0.1) is 6.92 Å². The van der Waals surface area contributed by atoms with Gasteiger partial charge in [-0.3, -0.25) is 19.3 Å². The van der Waals surface area contributed by atoms with Crippen LogP contribution in [-0.2, 0) is 0 Å². The first-order chi connectivity index (χ1) is 16.5. The summed E-state index contributed by atoms with van der Waals surface area (Å²) in [4.78, 5) is 26.9. The average molecular weight is 507 g/mol. The molecule has 2 aromatic heterocycles. The largest absolute Gasteiger partial charge is 0.502 e. The summed E-state index contributed by atoms with van der Waals surface area (Å²) in [6.07, 6.45) is -3.43. The lowest BCUT2D eigenvalue weighted by atomic mass is 9.95. The third kappa shape index (κ3) is 3.58. The van der Waals surface area contributed by atoms with E-state index < -0.39 is 47.7 Å². The highest BCUT2D eigenvalue weighted by Gasteiger charge is 2.48. The van der Waals surface area contributed by atoms with Crippen LogP contribution >= 0.6 is 11.8 Å². The standard InChI is InChI=1S/C23H21F3N4O4S/c1-11-17-18(14-6-4-5-7-16(14)35-12(2)21(17)34-27-11)30-10-28(13(3)23(24,25)26)22(33)19-20(32)15(31)8-9-29(19)30/h4-9,12-13,18,32H,10H2,1-3H3/t12?,13-,18?/m1/s1. The lowest BCUT2D eigenvalue weighted by Gasteiger charge is -2.45. The predicted molar refractivity (Wildman–Crippen MR) is 121 cm³/mol. The van der Waals surface area contributed by atoms with E-state index in [1.165, 1.54) is 27.6 Å². The number of hydrogen-bond acceptors (Lipinski definition) is 7. The number of pyridine rings is 1. The van der Waals surface area contributed by atoms with Crippen LogP contribution in [0.3, 0.4) is 0 Å². The smallest absolute Gasteiger partial charge is 0.408 e. The van der Waals surface area contributed by atoms with Crippen molar-refractivity contribution in [2.45, 2.75) is 49.2 Å². The monoisotopic (exact) mass is 506 g/mol. The SMILES string of the molecule is Cc1noc2c1C(N1CN([C@H](C)C(F)(F)F)C(=O)c3c(O)c(=O)ccn31)c1ccccc1SC2C. The van der Waals surface area contributed by atoms with Gasteiger partial charge in [0, 0.05) is 22.7 Å². The number of aromatic hydroxyl groups is 1. The van der Waals surface area contributed by atoms with Gasteiger partial charge in [0.25, 0.3) is 5.91 Å². The molecule has 0 saturated heterocycles. The van der Waals surface area contributed by atoms with Crippen molar-refractivity contribution in [2.24, 2.45) is 0 Å². The fourth-order valence-corrected chi connectivity index (χ4v) is 5.71. The topological polar surface area (TPSA) is 91.8 Å². The highest BCUT2D eigenvalue weighted by Crippen LogP contribution is 2.49. The van der Waals surface area contributed by atoms with Gasteiger partial charge in [0.1, 0.15) is 18.8 Å². The van der Waals surface area contributed by atoms with Crippen LogP contribution in [0.1, 0.15) is 58.2 Å². The Morgan fingerprint density at radius 3 is 2.66 bits per heavy atom. The molecule has 4 heterocycles. The van der Waals surface area contributed by atoms with Crippen molar-refractivity contribution in [1.29, 1.82) is 0 Å². The van der Waals surface area contributed by atoms with Crippen LogP contribution in [0.2, 0.25) is 0 Å². The fraction of sp³-hybridized carbons (Fsp3) is 0.348. The fourth-order valence-electron chi connectivity index (χ4n) is 4.58. The Hall–Kier alpha value is -3.41. The molecule has 0 saturated carbocycles. The lowest BCUT2D eigenvalue weighted by Crippen LogP contribution is -2.60. The Morgan fingerprint density at radius 2 is 1.94 bits per heavy atom. The van der Waals surface area contributed by atoms with E-state index in [0.717, 1.165) is 23.4 Å². The number of hydrogen-bond donors (Lipinski definition) is 1. The summed E-state index contributed by atoms with van der Waals surface area (Å²) in [6.45, 7) is 4.10. The number of thioether (sulfide) groups is 1. The minimum Gasteiger partial charge on any atom is -0.502 e. The summed E-state index contributed by atoms with van der Waals surface area (Å²) < 4.78 is 48.2. The number of benzene rings is 1. The molecular formula is C23H21F3N4O4S. The van der Waals surface area contributed by atoms with E-state index in [9.17, 15) is 27.9 Å². The van der Waals surface area contributed by atoms with Gasteiger partial charge in [0.05, 0.1) is 10.9 Å². The zero-order chi connectivity index (χ0) is 25.2. The van der Waals surface area contributed by atoms with Crippen molar-refractivity contribution in [3.8, 4) is 5.75 Å². The van der Waals surface area contributed by atoms with Crippen LogP contribution in [0.5, 0.6) is 5.75 Å². The maximum atomic E-state index is 13.8. The summed E-state index contributed by atoms with van der Waals surface area (Å²) in [6, 6.07) is 5.63. The number of carbonyl (C=O) groups is 1. The van der Waals surface area contributed by atoms with Gasteiger partial charge in [0.2, 0.25) is 5.43 Å². The molecule has 1 aromatic carbocycles. The van der Waals surface area contributed by atoms with Gasteiger partial charge in [-0.1, -0.05) is 23.4 Å². The van der Waals surface area contributed by atoms with Crippen LogP contribution in [0.25, 0.3) is 0 Å². The second-order valence-corrected chi connectivity index (χ2v) is 9.92. The molecule has 3 aromatic rings. The molecule has 2 aliphatic heterocycles. The highest BCUT2D eigenvalue weighted by molar-refractivity contribution is 7.99. The van der Waals surface area contributed by atoms with Crippen LogP contribution < -0.4 is 10.4 Å². The van der Waals surface area contributed by atoms with E-state index in [1.807, 2.05) is 31.2 Å². The van der Waals surface area contributed by atoms with Crippen molar-refractivity contribution in [3.05, 3.63) is 75.0 Å². The highest BCUT2D eigenvalue weighted by atomic mass is 32.2. The van der Waals surface area contributed by atoms with Crippen molar-refractivity contribution in [1.82, 2.24) is 14.7 Å². The number of fused-ring (bicyclic) bond motifs is 3. The second-order valence-electron chi connectivity index (χ2n) is 8.54. The zero-order valence-electron chi connectivity index (χ0n) is 18.9. The maximum Gasteiger partial charge on any atom is 0.408 e. The van der Waals surface area contributed by atoms with Crippen molar-refractivity contribution >= 4 is 17.7 Å². The Labute approximate surface area is 201 Å². The molecule has 0 fully saturated rings. The molecule has 2 unspecified atom stereocenters. The molecule has 0 spiro atoms. The molecule has 0 radical (unpaired) electrons. The minimum absolute atomic E-state index is 0.143. The van der Waals surface area contributed by atoms with Crippen LogP contribution in [-0.4, -0.2) is 44.6 Å². The number of aromatic nitrogens is 2. The molecule has 0 aliphatic carbocycles. The number of aryl methyl sites for hydroxylation is 1. The average Bonchev–Trinajstić information content (AvgIpc) is 3.12. The first kappa shape index (κ1) is 23.3. The predicted octanol–water partition coefficient (Wildman–Crippen LogP) is 4.11. The van der Waals surface area contributed by atoms with Crippen molar-refractivity contribution in [3.63, 3.8) is 0 Å². The molecule has 12 heteroatoms. The Bertz CT molecular complexity index is 1390. The normalized spacial score (nSPS) is 20.7. The molecule has 0 bridgehead atoms. The van der Waals surface area contributed by atoms with E-state index in [2.05, 4.69) is 5.16 Å². The molecule has 3 atom stereocenters. The number of halogens is 3. The summed E-state index contributed by atoms with van der Waals surface area (Å²) in [7, 11) is 0. The zero-order valence-corrected chi connectivity index (χ0v) is 19.7. The lowest BCUT2D eigenvalue weighted by molar-refractivity contribution is -0.173. The van der Waals surface area contributed by atoms with E-state index >= 15 is 0 Å². The Kier molecular flexibility index (Phi) is 5.38. The Morgan fingerprint density at radius 1 is 1.23 bits per heavy atom. The summed E-state index contributed by atoms with van der Waals surface area (Å²) in [5.41, 5.74) is 0.588. The minimum atomic E-state index is -4.72. The maximum absolute atomic E-state index is 13.8. The number of alkyl halides is 3. The molecular weight excluding hydrogens is 485 g/mol. The van der Waals surface area contributed by atoms with Crippen LogP contribution in [0.4, 0.5) is 13.2 Å². The van der Waals surface area contributed by atoms with Gasteiger partial charge in [-0.2, -0.15) is 13.2 Å². The van der Waals surface area contributed by atoms with Crippen LogP contribution in [0.15, 0.2) is 50.7 Å². The number of rotatable bonds is 2. The third-order valence-corrected chi connectivity index (χ3v) is 7.62. The summed E-state index contributed by atoms with van der Waals surface area (Å²) in [5.74, 6) is -1.44. The quantitative estimate of drug-likeness (QED) is 0.559. The molecule has 5 rings (SSSR count). The van der Waals surface area contributed by atoms with E-state index in [1.54, 1.807) is 6.92 Å². The van der Waals surface area contributed by atoms with E-state index in [4.69, 9.17) is 4.52 Å². The first-order valence-electron chi connectivity index (χ1n) is 10.8. The van der Waals surface area contributed by atoms with Gasteiger partial charge < -0.3 is 14.5 Å². The molecule has 8 nitrogen and oxygen atoms in total. The molecule has 184 valence electrons. The van der Waals surface area contributed by atoms with Gasteiger partial charge in [-0.05, 0) is 32.4 Å². The third-order valence-electron chi connectivity index (χ3n) is 6.43. The molecule has 35 heavy (non-hydrogen) atoms. The number of nitrogens with zero attached hydrogens (tertiary/aromatic N) is 4. The van der Waals surface area contributed by atoms with Gasteiger partial charge in [-0.25, -0.2) is 0 Å². The van der Waals surface area contributed by atoms with E-state index in [-0.39, 0.29) is 5.25 Å².